The summed E-state index contributed by atoms with van der Waals surface area (Å²) in [5, 5.41) is 13.3. The molecule has 0 spiro atoms. The second kappa shape index (κ2) is 6.29. The monoisotopic (exact) mass is 326 g/mol. The van der Waals surface area contributed by atoms with Crippen LogP contribution in [0.4, 0.5) is 17.1 Å². The Morgan fingerprint density at radius 3 is 1.92 bits per heavy atom. The highest BCUT2D eigenvalue weighted by Gasteiger charge is 2.17. The highest BCUT2D eigenvalue weighted by Crippen LogP contribution is 2.39. The standard InChI is InChI=1S/C22H18N2O/c1-23-16-8-13-19-20(14-15-21(25)22(19)23)24(17-9-4-2-5-10-17)18-11-6-3-7-12-18/h2-16H,1H3. The van der Waals surface area contributed by atoms with Crippen molar-refractivity contribution in [2.24, 2.45) is 7.05 Å². The van der Waals surface area contributed by atoms with Crippen molar-refractivity contribution in [3.8, 4) is 5.75 Å². The molecule has 0 aliphatic carbocycles. The number of hydrogen-bond donors (Lipinski definition) is 0. The molecule has 0 bridgehead atoms. The van der Waals surface area contributed by atoms with Crippen LogP contribution in [-0.4, -0.2) is 0 Å². The van der Waals surface area contributed by atoms with Crippen LogP contribution in [-0.2, 0) is 7.05 Å². The van der Waals surface area contributed by atoms with E-state index in [1.807, 2.05) is 72.4 Å². The molecule has 0 radical (unpaired) electrons. The molecular formula is C22H18N2O. The quantitative estimate of drug-likeness (QED) is 0.528. The SMILES string of the molecule is C[n+]1cccc2c(N(c3ccccc3)c3ccccc3)ccc([O-])c21. The van der Waals surface area contributed by atoms with Gasteiger partial charge in [-0.3, -0.25) is 0 Å². The minimum atomic E-state index is 0.0305. The van der Waals surface area contributed by atoms with Crippen molar-refractivity contribution >= 4 is 28.0 Å². The maximum Gasteiger partial charge on any atom is 0.206 e. The lowest BCUT2D eigenvalue weighted by Gasteiger charge is -2.27. The van der Waals surface area contributed by atoms with Crippen molar-refractivity contribution in [3.63, 3.8) is 0 Å². The van der Waals surface area contributed by atoms with Gasteiger partial charge < -0.3 is 10.0 Å². The molecule has 3 heteroatoms. The van der Waals surface area contributed by atoms with E-state index >= 15 is 0 Å². The zero-order valence-electron chi connectivity index (χ0n) is 14.0. The van der Waals surface area contributed by atoms with Crippen LogP contribution in [0.2, 0.25) is 0 Å². The molecule has 0 aliphatic rings. The van der Waals surface area contributed by atoms with E-state index in [1.54, 1.807) is 6.07 Å². The number of hydrogen-bond acceptors (Lipinski definition) is 2. The van der Waals surface area contributed by atoms with E-state index in [0.717, 1.165) is 22.4 Å². The van der Waals surface area contributed by atoms with Crippen molar-refractivity contribution in [2.75, 3.05) is 4.90 Å². The van der Waals surface area contributed by atoms with Gasteiger partial charge in [0.2, 0.25) is 5.52 Å². The molecule has 0 amide bonds. The van der Waals surface area contributed by atoms with Crippen molar-refractivity contribution in [2.45, 2.75) is 0 Å². The van der Waals surface area contributed by atoms with Crippen LogP contribution in [0.15, 0.2) is 91.1 Å². The maximum atomic E-state index is 12.4. The number of rotatable bonds is 3. The summed E-state index contributed by atoms with van der Waals surface area (Å²) in [6.07, 6.45) is 1.91. The van der Waals surface area contributed by atoms with Crippen molar-refractivity contribution in [3.05, 3.63) is 91.1 Å². The number of benzene rings is 3. The summed E-state index contributed by atoms with van der Waals surface area (Å²) in [6.45, 7) is 0. The summed E-state index contributed by atoms with van der Waals surface area (Å²) in [4.78, 5) is 2.18. The summed E-state index contributed by atoms with van der Waals surface area (Å²) in [7, 11) is 1.91. The average Bonchev–Trinajstić information content (AvgIpc) is 2.66. The molecule has 0 saturated heterocycles. The van der Waals surface area contributed by atoms with Crippen LogP contribution < -0.4 is 14.6 Å². The molecule has 122 valence electrons. The Bertz CT molecular complexity index is 966. The summed E-state index contributed by atoms with van der Waals surface area (Å²) < 4.78 is 1.88. The summed E-state index contributed by atoms with van der Waals surface area (Å²) >= 11 is 0. The molecule has 0 saturated carbocycles. The molecule has 4 aromatic rings. The van der Waals surface area contributed by atoms with E-state index in [-0.39, 0.29) is 5.75 Å². The highest BCUT2D eigenvalue weighted by atomic mass is 16.3. The molecule has 0 unspecified atom stereocenters. The lowest BCUT2D eigenvalue weighted by molar-refractivity contribution is -0.646. The minimum absolute atomic E-state index is 0.0305. The third-order valence-corrected chi connectivity index (χ3v) is 4.35. The van der Waals surface area contributed by atoms with Crippen LogP contribution in [0.25, 0.3) is 10.9 Å². The molecule has 25 heavy (non-hydrogen) atoms. The first kappa shape index (κ1) is 15.2. The van der Waals surface area contributed by atoms with E-state index < -0.39 is 0 Å². The lowest BCUT2D eigenvalue weighted by Crippen LogP contribution is -2.29. The Morgan fingerprint density at radius 2 is 1.32 bits per heavy atom. The van der Waals surface area contributed by atoms with Gasteiger partial charge in [0.1, 0.15) is 7.05 Å². The number of aromatic nitrogens is 1. The van der Waals surface area contributed by atoms with Crippen molar-refractivity contribution in [1.82, 2.24) is 0 Å². The number of para-hydroxylation sites is 2. The Kier molecular flexibility index (Phi) is 3.82. The molecule has 0 N–H and O–H groups in total. The maximum absolute atomic E-state index is 12.4. The Morgan fingerprint density at radius 1 is 0.720 bits per heavy atom. The largest absolute Gasteiger partial charge is 0.868 e. The number of pyridine rings is 1. The van der Waals surface area contributed by atoms with Gasteiger partial charge in [0, 0.05) is 17.4 Å². The van der Waals surface area contributed by atoms with Gasteiger partial charge in [0.05, 0.1) is 11.1 Å². The van der Waals surface area contributed by atoms with E-state index in [4.69, 9.17) is 0 Å². The molecule has 0 aliphatic heterocycles. The highest BCUT2D eigenvalue weighted by molar-refractivity contribution is 5.98. The van der Waals surface area contributed by atoms with E-state index in [1.165, 1.54) is 0 Å². The lowest BCUT2D eigenvalue weighted by atomic mass is 10.1. The normalized spacial score (nSPS) is 10.8. The molecule has 3 aromatic carbocycles. The number of fused-ring (bicyclic) bond motifs is 1. The van der Waals surface area contributed by atoms with Crippen molar-refractivity contribution in [1.29, 1.82) is 0 Å². The van der Waals surface area contributed by atoms with Gasteiger partial charge in [0.25, 0.3) is 0 Å². The first-order chi connectivity index (χ1) is 12.3. The summed E-state index contributed by atoms with van der Waals surface area (Å²) in [5.41, 5.74) is 3.81. The predicted molar refractivity (Wildman–Crippen MR) is 99.3 cm³/mol. The van der Waals surface area contributed by atoms with Gasteiger partial charge in [-0.05, 0) is 42.1 Å². The molecule has 1 heterocycles. The first-order valence-electron chi connectivity index (χ1n) is 8.24. The minimum Gasteiger partial charge on any atom is -0.868 e. The second-order valence-electron chi connectivity index (χ2n) is 5.97. The number of nitrogens with zero attached hydrogens (tertiary/aromatic N) is 2. The molecule has 3 nitrogen and oxygen atoms in total. The predicted octanol–water partition coefficient (Wildman–Crippen LogP) is 4.21. The zero-order valence-corrected chi connectivity index (χ0v) is 14.0. The van der Waals surface area contributed by atoms with Gasteiger partial charge in [0.15, 0.2) is 6.20 Å². The molecule has 0 atom stereocenters. The average molecular weight is 326 g/mol. The van der Waals surface area contributed by atoms with Crippen LogP contribution in [0.1, 0.15) is 0 Å². The molecule has 0 fully saturated rings. The van der Waals surface area contributed by atoms with Crippen LogP contribution >= 0.6 is 0 Å². The summed E-state index contributed by atoms with van der Waals surface area (Å²) in [5.74, 6) is 0.0305. The fourth-order valence-electron chi connectivity index (χ4n) is 3.22. The topological polar surface area (TPSA) is 30.2 Å². The van der Waals surface area contributed by atoms with Crippen LogP contribution in [0, 0.1) is 0 Å². The Hall–Kier alpha value is -3.33. The first-order valence-corrected chi connectivity index (χ1v) is 8.24. The van der Waals surface area contributed by atoms with E-state index in [9.17, 15) is 5.11 Å². The number of anilines is 3. The second-order valence-corrected chi connectivity index (χ2v) is 5.97. The third-order valence-electron chi connectivity index (χ3n) is 4.35. The van der Waals surface area contributed by atoms with E-state index in [0.29, 0.717) is 5.52 Å². The number of aryl methyl sites for hydroxylation is 1. The van der Waals surface area contributed by atoms with Gasteiger partial charge in [-0.25, -0.2) is 4.57 Å². The van der Waals surface area contributed by atoms with Gasteiger partial charge in [-0.2, -0.15) is 0 Å². The van der Waals surface area contributed by atoms with Crippen molar-refractivity contribution < 1.29 is 9.67 Å². The van der Waals surface area contributed by atoms with E-state index in [2.05, 4.69) is 29.2 Å². The third kappa shape index (κ3) is 2.70. The fraction of sp³-hybridized carbons (Fsp3) is 0.0455. The van der Waals surface area contributed by atoms with Gasteiger partial charge >= 0.3 is 0 Å². The van der Waals surface area contributed by atoms with Crippen LogP contribution in [0.3, 0.4) is 0 Å². The molecule has 1 aromatic heterocycles. The Labute approximate surface area is 147 Å². The Balaban J connectivity index is 2.03. The van der Waals surface area contributed by atoms with Gasteiger partial charge in [-0.1, -0.05) is 42.5 Å². The molecular weight excluding hydrogens is 308 g/mol. The van der Waals surface area contributed by atoms with Crippen LogP contribution in [0.5, 0.6) is 5.75 Å². The smallest absolute Gasteiger partial charge is 0.206 e. The van der Waals surface area contributed by atoms with Gasteiger partial charge in [-0.15, -0.1) is 0 Å². The zero-order chi connectivity index (χ0) is 17.2. The fourth-order valence-corrected chi connectivity index (χ4v) is 3.22. The summed E-state index contributed by atoms with van der Waals surface area (Å²) in [6, 6.07) is 27.9. The molecule has 4 rings (SSSR count).